The van der Waals surface area contributed by atoms with Crippen molar-refractivity contribution in [3.05, 3.63) is 166 Å². The second-order valence-corrected chi connectivity index (χ2v) is 13.5. The molecular formula is C46H32O12. The van der Waals surface area contributed by atoms with Gasteiger partial charge < -0.3 is 40.9 Å². The zero-order valence-corrected chi connectivity index (χ0v) is 30.2. The minimum Gasteiger partial charge on any atom is -0.507 e. The van der Waals surface area contributed by atoms with Crippen LogP contribution in [-0.2, 0) is 12.8 Å². The number of aromatic carboxylic acids is 4. The standard InChI is InChI=1S/2C23H16O6/c2*24-20-16(14-7-3-1-5-12(14)9-18(20)22(26)27)11-17-15-8-4-2-6-13(15)10-19(21(17)25)23(28)29/h2*1-10,24-25H,11H2,(H,26,27)(H,28,29). The predicted octanol–water partition coefficient (Wildman–Crippen LogP) is 8.78. The van der Waals surface area contributed by atoms with Gasteiger partial charge in [0.05, 0.1) is 0 Å². The number of carboxylic acid groups (broad SMARTS) is 4. The first-order valence-electron chi connectivity index (χ1n) is 17.6. The number of phenols is 4. The minimum atomic E-state index is -1.28. The van der Waals surface area contributed by atoms with Gasteiger partial charge in [-0.25, -0.2) is 19.2 Å². The average Bonchev–Trinajstić information content (AvgIpc) is 3.20. The zero-order valence-electron chi connectivity index (χ0n) is 30.2. The number of aromatic hydroxyl groups is 4. The number of carboxylic acids is 4. The molecule has 0 aliphatic carbocycles. The minimum absolute atomic E-state index is 0.0407. The molecule has 0 unspecified atom stereocenters. The first-order chi connectivity index (χ1) is 27.8. The SMILES string of the molecule is O=C(O)c1cc2ccccc2c(Cc2c(O)c(C(=O)O)cc3ccccc23)c1O.O=C(O)c1cc2ccccc2c(Cc2c(O)c(C(=O)O)cc3ccccc23)c1O. The highest BCUT2D eigenvalue weighted by molar-refractivity contribution is 6.04. The van der Waals surface area contributed by atoms with Gasteiger partial charge in [0.1, 0.15) is 45.3 Å². The Balaban J connectivity index is 0.000000177. The molecule has 0 aliphatic heterocycles. The van der Waals surface area contributed by atoms with Gasteiger partial charge in [0.2, 0.25) is 0 Å². The lowest BCUT2D eigenvalue weighted by Gasteiger charge is -2.16. The molecule has 0 amide bonds. The topological polar surface area (TPSA) is 230 Å². The highest BCUT2D eigenvalue weighted by Crippen LogP contribution is 2.40. The van der Waals surface area contributed by atoms with E-state index in [0.29, 0.717) is 65.3 Å². The Bertz CT molecular complexity index is 2610. The summed E-state index contributed by atoms with van der Waals surface area (Å²) in [6, 6.07) is 33.6. The van der Waals surface area contributed by atoms with E-state index < -0.39 is 46.9 Å². The maximum absolute atomic E-state index is 11.6. The summed E-state index contributed by atoms with van der Waals surface area (Å²) in [5.41, 5.74) is 0.224. The van der Waals surface area contributed by atoms with E-state index in [1.807, 2.05) is 0 Å². The molecule has 0 aliphatic rings. The Hall–Kier alpha value is -8.12. The lowest BCUT2D eigenvalue weighted by atomic mass is 9.90. The van der Waals surface area contributed by atoms with E-state index in [9.17, 15) is 60.0 Å². The van der Waals surface area contributed by atoms with Gasteiger partial charge in [-0.3, -0.25) is 0 Å². The molecule has 0 atom stereocenters. The Kier molecular flexibility index (Phi) is 10.00. The third kappa shape index (κ3) is 6.86. The van der Waals surface area contributed by atoms with Crippen molar-refractivity contribution in [1.82, 2.24) is 0 Å². The van der Waals surface area contributed by atoms with E-state index in [4.69, 9.17) is 0 Å². The number of carbonyl (C=O) groups is 4. The fourth-order valence-corrected chi connectivity index (χ4v) is 7.37. The van der Waals surface area contributed by atoms with Crippen molar-refractivity contribution in [3.8, 4) is 23.0 Å². The number of hydrogen-bond acceptors (Lipinski definition) is 8. The smallest absolute Gasteiger partial charge is 0.339 e. The maximum Gasteiger partial charge on any atom is 0.339 e. The van der Waals surface area contributed by atoms with Crippen LogP contribution >= 0.6 is 0 Å². The van der Waals surface area contributed by atoms with Crippen molar-refractivity contribution < 1.29 is 60.0 Å². The lowest BCUT2D eigenvalue weighted by molar-refractivity contribution is 0.0682. The number of hydrogen-bond donors (Lipinski definition) is 8. The predicted molar refractivity (Wildman–Crippen MR) is 216 cm³/mol. The fraction of sp³-hybridized carbons (Fsp3) is 0.0435. The molecular weight excluding hydrogens is 744 g/mol. The van der Waals surface area contributed by atoms with Crippen molar-refractivity contribution >= 4 is 67.0 Å². The molecule has 8 rings (SSSR count). The second-order valence-electron chi connectivity index (χ2n) is 13.5. The molecule has 8 aromatic rings. The van der Waals surface area contributed by atoms with E-state index in [1.54, 1.807) is 97.1 Å². The van der Waals surface area contributed by atoms with Crippen LogP contribution < -0.4 is 0 Å². The van der Waals surface area contributed by atoms with E-state index in [2.05, 4.69) is 0 Å². The Morgan fingerprint density at radius 3 is 0.707 bits per heavy atom. The number of benzene rings is 8. The summed E-state index contributed by atoms with van der Waals surface area (Å²) >= 11 is 0. The normalized spacial score (nSPS) is 11.0. The second kappa shape index (κ2) is 15.2. The van der Waals surface area contributed by atoms with Crippen molar-refractivity contribution in [2.24, 2.45) is 0 Å². The molecule has 0 bridgehead atoms. The first kappa shape index (κ1) is 38.2. The molecule has 0 fully saturated rings. The Labute approximate surface area is 328 Å². The number of rotatable bonds is 8. The van der Waals surface area contributed by atoms with E-state index in [-0.39, 0.29) is 35.1 Å². The van der Waals surface area contributed by atoms with Crippen LogP contribution in [0.1, 0.15) is 63.7 Å². The summed E-state index contributed by atoms with van der Waals surface area (Å²) < 4.78 is 0. The van der Waals surface area contributed by atoms with Gasteiger partial charge in [-0.15, -0.1) is 0 Å². The van der Waals surface area contributed by atoms with Crippen LogP contribution in [0.25, 0.3) is 43.1 Å². The fourth-order valence-electron chi connectivity index (χ4n) is 7.37. The molecule has 0 saturated carbocycles. The van der Waals surface area contributed by atoms with Crippen LogP contribution in [0.4, 0.5) is 0 Å². The quantitative estimate of drug-likeness (QED) is 0.0724. The van der Waals surface area contributed by atoms with Crippen molar-refractivity contribution in [2.45, 2.75) is 12.8 Å². The highest BCUT2D eigenvalue weighted by Gasteiger charge is 2.24. The van der Waals surface area contributed by atoms with Gasteiger partial charge in [0, 0.05) is 35.1 Å². The van der Waals surface area contributed by atoms with Crippen molar-refractivity contribution in [1.29, 1.82) is 0 Å². The van der Waals surface area contributed by atoms with Crippen molar-refractivity contribution in [3.63, 3.8) is 0 Å². The molecule has 12 heteroatoms. The molecule has 288 valence electrons. The average molecular weight is 777 g/mol. The molecule has 8 N–H and O–H groups in total. The van der Waals surface area contributed by atoms with E-state index >= 15 is 0 Å². The summed E-state index contributed by atoms with van der Waals surface area (Å²) in [5, 5.41) is 85.6. The molecule has 0 spiro atoms. The van der Waals surface area contributed by atoms with E-state index in [1.165, 1.54) is 24.3 Å². The van der Waals surface area contributed by atoms with Gasteiger partial charge in [-0.2, -0.15) is 0 Å². The third-order valence-corrected chi connectivity index (χ3v) is 10.1. The Morgan fingerprint density at radius 2 is 0.517 bits per heavy atom. The maximum atomic E-state index is 11.6. The summed E-state index contributed by atoms with van der Waals surface area (Å²) in [6.07, 6.45) is -0.0815. The number of fused-ring (bicyclic) bond motifs is 4. The van der Waals surface area contributed by atoms with Crippen LogP contribution in [0, 0.1) is 0 Å². The third-order valence-electron chi connectivity index (χ3n) is 10.1. The molecule has 12 nitrogen and oxygen atoms in total. The summed E-state index contributed by atoms with van der Waals surface area (Å²) in [6.45, 7) is 0. The highest BCUT2D eigenvalue weighted by atomic mass is 16.4. The molecule has 0 heterocycles. The Morgan fingerprint density at radius 1 is 0.328 bits per heavy atom. The van der Waals surface area contributed by atoms with Crippen LogP contribution in [0.2, 0.25) is 0 Å². The molecule has 0 aromatic heterocycles. The first-order valence-corrected chi connectivity index (χ1v) is 17.6. The van der Waals surface area contributed by atoms with Gasteiger partial charge in [0.15, 0.2) is 0 Å². The van der Waals surface area contributed by atoms with Gasteiger partial charge in [0.25, 0.3) is 0 Å². The van der Waals surface area contributed by atoms with E-state index in [0.717, 1.165) is 0 Å². The van der Waals surface area contributed by atoms with Gasteiger partial charge in [-0.05, 0) is 67.4 Å². The molecule has 0 saturated heterocycles. The van der Waals surface area contributed by atoms with Gasteiger partial charge in [-0.1, -0.05) is 97.1 Å². The molecule has 58 heavy (non-hydrogen) atoms. The van der Waals surface area contributed by atoms with Crippen LogP contribution in [0.3, 0.4) is 0 Å². The zero-order chi connectivity index (χ0) is 41.4. The largest absolute Gasteiger partial charge is 0.507 e. The van der Waals surface area contributed by atoms with Crippen LogP contribution in [-0.4, -0.2) is 64.7 Å². The van der Waals surface area contributed by atoms with Gasteiger partial charge >= 0.3 is 23.9 Å². The van der Waals surface area contributed by atoms with Crippen LogP contribution in [0.15, 0.2) is 121 Å². The summed E-state index contributed by atoms with van der Waals surface area (Å²) in [4.78, 5) is 46.4. The van der Waals surface area contributed by atoms with Crippen molar-refractivity contribution in [2.75, 3.05) is 0 Å². The van der Waals surface area contributed by atoms with Crippen LogP contribution in [0.5, 0.6) is 23.0 Å². The monoisotopic (exact) mass is 776 g/mol. The lowest BCUT2D eigenvalue weighted by Crippen LogP contribution is -2.04. The molecule has 0 radical (unpaired) electrons. The molecule has 8 aromatic carbocycles. The summed E-state index contributed by atoms with van der Waals surface area (Å²) in [7, 11) is 0. The summed E-state index contributed by atoms with van der Waals surface area (Å²) in [5.74, 6) is -6.71.